The van der Waals surface area contributed by atoms with Crippen molar-refractivity contribution in [1.29, 1.82) is 0 Å². The molecule has 0 spiro atoms. The van der Waals surface area contributed by atoms with Crippen molar-refractivity contribution in [3.63, 3.8) is 0 Å². The van der Waals surface area contributed by atoms with E-state index in [1.165, 1.54) is 0 Å². The highest BCUT2D eigenvalue weighted by molar-refractivity contribution is 5.20. The van der Waals surface area contributed by atoms with Gasteiger partial charge in [-0.25, -0.2) is 0 Å². The first-order valence-electron chi connectivity index (χ1n) is 4.80. The van der Waals surface area contributed by atoms with Crippen LogP contribution in [0.15, 0.2) is 22.5 Å². The van der Waals surface area contributed by atoms with Crippen molar-refractivity contribution in [2.24, 2.45) is 21.1 Å². The molecule has 0 bridgehead atoms. The van der Waals surface area contributed by atoms with E-state index in [0.717, 1.165) is 0 Å². The summed E-state index contributed by atoms with van der Waals surface area (Å²) >= 11 is 0. The zero-order chi connectivity index (χ0) is 10.3. The summed E-state index contributed by atoms with van der Waals surface area (Å²) in [6.07, 6.45) is 3.95. The first-order valence-corrected chi connectivity index (χ1v) is 4.80. The van der Waals surface area contributed by atoms with Gasteiger partial charge in [-0.15, -0.1) is 0 Å². The molecule has 0 amide bonds. The van der Waals surface area contributed by atoms with E-state index in [4.69, 9.17) is 0 Å². The molecule has 0 saturated heterocycles. The van der Waals surface area contributed by atoms with E-state index < -0.39 is 0 Å². The quantitative estimate of drug-likeness (QED) is 0.541. The average molecular weight is 180 g/mol. The lowest BCUT2D eigenvalue weighted by Gasteiger charge is -2.46. The highest BCUT2D eigenvalue weighted by atomic mass is 15.2. The monoisotopic (exact) mass is 180 g/mol. The van der Waals surface area contributed by atoms with Crippen molar-refractivity contribution in [1.82, 2.24) is 0 Å². The highest BCUT2D eigenvalue weighted by Crippen LogP contribution is 2.49. The van der Waals surface area contributed by atoms with Crippen LogP contribution in [-0.2, 0) is 0 Å². The zero-order valence-corrected chi connectivity index (χ0v) is 9.55. The van der Waals surface area contributed by atoms with Crippen molar-refractivity contribution in [3.8, 4) is 0 Å². The Bertz CT molecular complexity index is 220. The van der Waals surface area contributed by atoms with E-state index >= 15 is 0 Å². The van der Waals surface area contributed by atoms with Gasteiger partial charge < -0.3 is 0 Å². The third-order valence-corrected chi connectivity index (χ3v) is 2.88. The summed E-state index contributed by atoms with van der Waals surface area (Å²) in [4.78, 5) is 0. The molecule has 2 nitrogen and oxygen atoms in total. The van der Waals surface area contributed by atoms with Gasteiger partial charge in [-0.05, 0) is 16.9 Å². The van der Waals surface area contributed by atoms with E-state index in [1.807, 2.05) is 6.20 Å². The topological polar surface area (TPSA) is 24.7 Å². The molecule has 0 fully saturated rings. The molecule has 0 unspecified atom stereocenters. The zero-order valence-electron chi connectivity index (χ0n) is 9.55. The van der Waals surface area contributed by atoms with Gasteiger partial charge in [0.15, 0.2) is 0 Å². The Hall–Kier alpha value is -0.660. The number of hydrogen-bond acceptors (Lipinski definition) is 2. The molecule has 0 aromatic heterocycles. The lowest BCUT2D eigenvalue weighted by molar-refractivity contribution is 0.107. The predicted molar refractivity (Wildman–Crippen MR) is 55.6 cm³/mol. The van der Waals surface area contributed by atoms with Gasteiger partial charge in [0.1, 0.15) is 5.54 Å². The minimum Gasteiger partial charge on any atom is -0.177 e. The Morgan fingerprint density at radius 1 is 0.923 bits per heavy atom. The molecule has 0 aliphatic carbocycles. The average Bonchev–Trinajstić information content (AvgIpc) is 2.28. The van der Waals surface area contributed by atoms with Gasteiger partial charge in [0.2, 0.25) is 0 Å². The molecule has 1 aliphatic heterocycles. The molecule has 0 aromatic rings. The molecule has 0 radical (unpaired) electrons. The van der Waals surface area contributed by atoms with Gasteiger partial charge in [0.05, 0.1) is 0 Å². The molecule has 1 rings (SSSR count). The Kier molecular flexibility index (Phi) is 2.13. The van der Waals surface area contributed by atoms with Crippen LogP contribution in [0, 0.1) is 10.8 Å². The van der Waals surface area contributed by atoms with Crippen molar-refractivity contribution in [2.45, 2.75) is 47.1 Å². The summed E-state index contributed by atoms with van der Waals surface area (Å²) in [5.41, 5.74) is 0.0729. The fourth-order valence-corrected chi connectivity index (χ4v) is 2.22. The predicted octanol–water partition coefficient (Wildman–Crippen LogP) is 3.80. The van der Waals surface area contributed by atoms with Gasteiger partial charge in [-0.2, -0.15) is 10.2 Å². The van der Waals surface area contributed by atoms with Crippen LogP contribution in [0.1, 0.15) is 41.5 Å². The second kappa shape index (κ2) is 2.66. The Labute approximate surface area is 81.1 Å². The van der Waals surface area contributed by atoms with Crippen LogP contribution in [0.3, 0.4) is 0 Å². The minimum atomic E-state index is -0.153. The largest absolute Gasteiger partial charge is 0.177 e. The van der Waals surface area contributed by atoms with Crippen LogP contribution in [0.5, 0.6) is 0 Å². The van der Waals surface area contributed by atoms with E-state index in [2.05, 4.69) is 57.8 Å². The molecule has 1 heterocycles. The normalized spacial score (nSPS) is 21.1. The van der Waals surface area contributed by atoms with Crippen LogP contribution in [0.2, 0.25) is 0 Å². The van der Waals surface area contributed by atoms with E-state index in [9.17, 15) is 0 Å². The number of hydrogen-bond donors (Lipinski definition) is 0. The van der Waals surface area contributed by atoms with Crippen LogP contribution in [-0.4, -0.2) is 5.54 Å². The van der Waals surface area contributed by atoms with Gasteiger partial charge in [0, 0.05) is 6.20 Å². The molecule has 0 atom stereocenters. The van der Waals surface area contributed by atoms with Gasteiger partial charge in [-0.1, -0.05) is 41.5 Å². The Balaban J connectivity index is 3.19. The number of azo groups is 1. The third-order valence-electron chi connectivity index (χ3n) is 2.88. The Morgan fingerprint density at radius 2 is 1.38 bits per heavy atom. The van der Waals surface area contributed by atoms with Crippen molar-refractivity contribution in [3.05, 3.63) is 12.3 Å². The maximum absolute atomic E-state index is 4.42. The SMILES string of the molecule is CC(C)(C)C1(C(C)(C)C)C=CN=N1. The maximum atomic E-state index is 4.42. The van der Waals surface area contributed by atoms with E-state index in [0.29, 0.717) is 0 Å². The summed E-state index contributed by atoms with van der Waals surface area (Å²) in [5, 5.41) is 8.44. The lowest BCUT2D eigenvalue weighted by atomic mass is 9.61. The number of nitrogens with zero attached hydrogens (tertiary/aromatic N) is 2. The molecule has 13 heavy (non-hydrogen) atoms. The molecular weight excluding hydrogens is 160 g/mol. The summed E-state index contributed by atoms with van der Waals surface area (Å²) in [5.74, 6) is 0. The first-order chi connectivity index (χ1) is 5.71. The van der Waals surface area contributed by atoms with Crippen LogP contribution in [0.4, 0.5) is 0 Å². The van der Waals surface area contributed by atoms with Crippen LogP contribution in [0.25, 0.3) is 0 Å². The first kappa shape index (κ1) is 10.4. The second-order valence-corrected chi connectivity index (χ2v) is 5.80. The van der Waals surface area contributed by atoms with Gasteiger partial charge in [0.25, 0.3) is 0 Å². The summed E-state index contributed by atoms with van der Waals surface area (Å²) in [6, 6.07) is 0. The lowest BCUT2D eigenvalue weighted by Crippen LogP contribution is -2.48. The molecule has 2 heteroatoms. The molecular formula is C11H20N2. The summed E-state index contributed by atoms with van der Waals surface area (Å²) in [6.45, 7) is 13.3. The fraction of sp³-hybridized carbons (Fsp3) is 0.818. The minimum absolute atomic E-state index is 0.113. The molecule has 1 aliphatic rings. The maximum Gasteiger partial charge on any atom is 0.111 e. The van der Waals surface area contributed by atoms with Gasteiger partial charge in [-0.3, -0.25) is 0 Å². The van der Waals surface area contributed by atoms with Crippen molar-refractivity contribution >= 4 is 0 Å². The molecule has 0 aromatic carbocycles. The van der Waals surface area contributed by atoms with Crippen molar-refractivity contribution < 1.29 is 0 Å². The van der Waals surface area contributed by atoms with E-state index in [1.54, 1.807) is 0 Å². The molecule has 0 saturated carbocycles. The number of rotatable bonds is 0. The molecule has 74 valence electrons. The van der Waals surface area contributed by atoms with Crippen LogP contribution < -0.4 is 0 Å². The summed E-state index contributed by atoms with van der Waals surface area (Å²) < 4.78 is 0. The standard InChI is InChI=1S/C11H20N2/c1-9(2,3)11(10(4,5)6)7-8-12-13-11/h7-8H,1-6H3. The van der Waals surface area contributed by atoms with Crippen LogP contribution >= 0.6 is 0 Å². The smallest absolute Gasteiger partial charge is 0.111 e. The third kappa shape index (κ3) is 1.43. The highest BCUT2D eigenvalue weighted by Gasteiger charge is 2.50. The molecule has 0 N–H and O–H groups in total. The second-order valence-electron chi connectivity index (χ2n) is 5.80. The fourth-order valence-electron chi connectivity index (χ4n) is 2.22. The summed E-state index contributed by atoms with van der Waals surface area (Å²) in [7, 11) is 0. The van der Waals surface area contributed by atoms with E-state index in [-0.39, 0.29) is 16.4 Å². The Morgan fingerprint density at radius 3 is 1.54 bits per heavy atom. The van der Waals surface area contributed by atoms with Crippen molar-refractivity contribution in [2.75, 3.05) is 0 Å². The van der Waals surface area contributed by atoms with Gasteiger partial charge >= 0.3 is 0 Å².